The summed E-state index contributed by atoms with van der Waals surface area (Å²) < 4.78 is 25.5. The van der Waals surface area contributed by atoms with Crippen LogP contribution in [0.25, 0.3) is 0 Å². The molecule has 26 heavy (non-hydrogen) atoms. The molecule has 0 saturated carbocycles. The van der Waals surface area contributed by atoms with E-state index in [9.17, 15) is 13.2 Å². The molecule has 1 fully saturated rings. The summed E-state index contributed by atoms with van der Waals surface area (Å²) in [6, 6.07) is 7.94. The van der Waals surface area contributed by atoms with Gasteiger partial charge in [0, 0.05) is 6.54 Å². The Morgan fingerprint density at radius 2 is 1.88 bits per heavy atom. The third-order valence-corrected chi connectivity index (χ3v) is 6.17. The topological polar surface area (TPSA) is 69.7 Å². The third-order valence-electron chi connectivity index (χ3n) is 4.93. The number of benzene rings is 1. The fraction of sp³-hybridized carbons (Fsp3) is 0.632. The molecular formula is C19H31N3O3S. The van der Waals surface area contributed by atoms with E-state index in [4.69, 9.17) is 0 Å². The number of anilines is 1. The monoisotopic (exact) mass is 381 g/mol. The van der Waals surface area contributed by atoms with Crippen LogP contribution in [-0.4, -0.2) is 57.7 Å². The van der Waals surface area contributed by atoms with E-state index < -0.39 is 16.1 Å². The van der Waals surface area contributed by atoms with Crippen molar-refractivity contribution in [3.8, 4) is 0 Å². The third kappa shape index (κ3) is 5.99. The van der Waals surface area contributed by atoms with E-state index in [1.54, 1.807) is 31.2 Å². The zero-order chi connectivity index (χ0) is 19.2. The Morgan fingerprint density at radius 3 is 2.46 bits per heavy atom. The van der Waals surface area contributed by atoms with Gasteiger partial charge in [0.05, 0.1) is 11.9 Å². The van der Waals surface area contributed by atoms with Crippen molar-refractivity contribution in [2.45, 2.75) is 39.2 Å². The number of carbonyl (C=O) groups is 1. The summed E-state index contributed by atoms with van der Waals surface area (Å²) in [5.41, 5.74) is 0.500. The number of para-hydroxylation sites is 1. The standard InChI is InChI=1S/C19H31N3O3S/c1-16-10-14-21(15-11-16)13-7-12-20-19(23)17(2)22(26(3,24)25)18-8-5-4-6-9-18/h4-6,8-9,16-17H,7,10-15H2,1-3H3,(H,20,23)/t17-/m0/s1. The molecular weight excluding hydrogens is 350 g/mol. The van der Waals surface area contributed by atoms with Gasteiger partial charge in [-0.1, -0.05) is 25.1 Å². The molecule has 0 unspecified atom stereocenters. The molecule has 1 aliphatic heterocycles. The van der Waals surface area contributed by atoms with Crippen LogP contribution < -0.4 is 9.62 Å². The lowest BCUT2D eigenvalue weighted by Crippen LogP contribution is -2.48. The highest BCUT2D eigenvalue weighted by atomic mass is 32.2. The zero-order valence-corrected chi connectivity index (χ0v) is 16.8. The van der Waals surface area contributed by atoms with Gasteiger partial charge in [-0.15, -0.1) is 0 Å². The molecule has 0 bridgehead atoms. The first-order chi connectivity index (χ1) is 12.3. The van der Waals surface area contributed by atoms with Gasteiger partial charge in [-0.05, 0) is 63.9 Å². The van der Waals surface area contributed by atoms with Crippen molar-refractivity contribution in [2.24, 2.45) is 5.92 Å². The molecule has 1 aliphatic rings. The number of piperidine rings is 1. The fourth-order valence-electron chi connectivity index (χ4n) is 3.33. The largest absolute Gasteiger partial charge is 0.354 e. The first-order valence-electron chi connectivity index (χ1n) is 9.33. The van der Waals surface area contributed by atoms with Crippen LogP contribution in [0.1, 0.15) is 33.1 Å². The highest BCUT2D eigenvalue weighted by Crippen LogP contribution is 2.20. The lowest BCUT2D eigenvalue weighted by molar-refractivity contribution is -0.121. The lowest BCUT2D eigenvalue weighted by atomic mass is 9.99. The van der Waals surface area contributed by atoms with Gasteiger partial charge in [-0.2, -0.15) is 0 Å². The van der Waals surface area contributed by atoms with E-state index in [0.717, 1.165) is 38.2 Å². The van der Waals surface area contributed by atoms with Crippen molar-refractivity contribution in [1.82, 2.24) is 10.2 Å². The molecule has 0 aromatic heterocycles. The van der Waals surface area contributed by atoms with Gasteiger partial charge < -0.3 is 10.2 Å². The Labute approximate surface area is 157 Å². The Bertz CT molecular complexity index is 671. The second-order valence-corrected chi connectivity index (χ2v) is 9.10. The SMILES string of the molecule is CC1CCN(CCCNC(=O)[C@H](C)N(c2ccccc2)S(C)(=O)=O)CC1. The van der Waals surface area contributed by atoms with E-state index in [2.05, 4.69) is 17.1 Å². The number of hydrogen-bond acceptors (Lipinski definition) is 4. The lowest BCUT2D eigenvalue weighted by Gasteiger charge is -2.30. The molecule has 0 spiro atoms. The molecule has 1 atom stereocenters. The van der Waals surface area contributed by atoms with Crippen LogP contribution in [0.3, 0.4) is 0 Å². The number of rotatable bonds is 8. The quantitative estimate of drug-likeness (QED) is 0.700. The van der Waals surface area contributed by atoms with Crippen molar-refractivity contribution in [3.63, 3.8) is 0 Å². The maximum atomic E-state index is 12.5. The van der Waals surface area contributed by atoms with Crippen molar-refractivity contribution >= 4 is 21.6 Å². The normalized spacial score (nSPS) is 17.7. The summed E-state index contributed by atoms with van der Waals surface area (Å²) in [4.78, 5) is 14.9. The number of sulfonamides is 1. The average molecular weight is 382 g/mol. The van der Waals surface area contributed by atoms with Crippen molar-refractivity contribution in [2.75, 3.05) is 36.7 Å². The van der Waals surface area contributed by atoms with E-state index in [0.29, 0.717) is 12.2 Å². The van der Waals surface area contributed by atoms with E-state index in [1.807, 2.05) is 6.07 Å². The number of nitrogens with zero attached hydrogens (tertiary/aromatic N) is 2. The second-order valence-electron chi connectivity index (χ2n) is 7.24. The van der Waals surface area contributed by atoms with Crippen LogP contribution in [0.5, 0.6) is 0 Å². The molecule has 1 heterocycles. The Balaban J connectivity index is 1.85. The van der Waals surface area contributed by atoms with Crippen LogP contribution in [0.15, 0.2) is 30.3 Å². The summed E-state index contributed by atoms with van der Waals surface area (Å²) in [5.74, 6) is 0.540. The Hall–Kier alpha value is -1.60. The van der Waals surface area contributed by atoms with Crippen molar-refractivity contribution < 1.29 is 13.2 Å². The first-order valence-corrected chi connectivity index (χ1v) is 11.2. The van der Waals surface area contributed by atoms with Gasteiger partial charge in [-0.25, -0.2) is 8.42 Å². The molecule has 1 N–H and O–H groups in total. The van der Waals surface area contributed by atoms with Crippen molar-refractivity contribution in [3.05, 3.63) is 30.3 Å². The highest BCUT2D eigenvalue weighted by Gasteiger charge is 2.28. The maximum Gasteiger partial charge on any atom is 0.243 e. The highest BCUT2D eigenvalue weighted by molar-refractivity contribution is 7.92. The summed E-state index contributed by atoms with van der Waals surface area (Å²) in [6.07, 6.45) is 4.48. The number of carbonyl (C=O) groups excluding carboxylic acids is 1. The molecule has 6 nitrogen and oxygen atoms in total. The minimum absolute atomic E-state index is 0.272. The van der Waals surface area contributed by atoms with Gasteiger partial charge in [0.1, 0.15) is 6.04 Å². The van der Waals surface area contributed by atoms with Gasteiger partial charge in [0.25, 0.3) is 0 Å². The van der Waals surface area contributed by atoms with E-state index >= 15 is 0 Å². The van der Waals surface area contributed by atoms with Crippen LogP contribution >= 0.6 is 0 Å². The van der Waals surface area contributed by atoms with Crippen LogP contribution in [0.2, 0.25) is 0 Å². The van der Waals surface area contributed by atoms with Gasteiger partial charge in [0.2, 0.25) is 15.9 Å². The van der Waals surface area contributed by atoms with Gasteiger partial charge in [-0.3, -0.25) is 9.10 Å². The number of nitrogens with one attached hydrogen (secondary N) is 1. The molecule has 7 heteroatoms. The number of amides is 1. The first kappa shape index (κ1) is 20.7. The maximum absolute atomic E-state index is 12.5. The minimum Gasteiger partial charge on any atom is -0.354 e. The van der Waals surface area contributed by atoms with Crippen LogP contribution in [-0.2, 0) is 14.8 Å². The smallest absolute Gasteiger partial charge is 0.243 e. The number of likely N-dealkylation sites (tertiary alicyclic amines) is 1. The summed E-state index contributed by atoms with van der Waals surface area (Å²) in [7, 11) is -3.55. The molecule has 1 amide bonds. The minimum atomic E-state index is -3.55. The van der Waals surface area contributed by atoms with Crippen molar-refractivity contribution in [1.29, 1.82) is 0 Å². The van der Waals surface area contributed by atoms with E-state index in [-0.39, 0.29) is 5.91 Å². The molecule has 1 saturated heterocycles. The summed E-state index contributed by atoms with van der Waals surface area (Å²) in [6.45, 7) is 7.69. The molecule has 1 aromatic rings. The molecule has 0 radical (unpaired) electrons. The fourth-order valence-corrected chi connectivity index (χ4v) is 4.51. The predicted octanol–water partition coefficient (Wildman–Crippen LogP) is 2.08. The zero-order valence-electron chi connectivity index (χ0n) is 16.0. The predicted molar refractivity (Wildman–Crippen MR) is 106 cm³/mol. The molecule has 1 aromatic carbocycles. The molecule has 146 valence electrons. The Kier molecular flexibility index (Phi) is 7.46. The Morgan fingerprint density at radius 1 is 1.27 bits per heavy atom. The second kappa shape index (κ2) is 9.37. The summed E-state index contributed by atoms with van der Waals surface area (Å²) >= 11 is 0. The van der Waals surface area contributed by atoms with Gasteiger partial charge >= 0.3 is 0 Å². The van der Waals surface area contributed by atoms with Gasteiger partial charge in [0.15, 0.2) is 0 Å². The molecule has 2 rings (SSSR count). The van der Waals surface area contributed by atoms with Crippen LogP contribution in [0, 0.1) is 5.92 Å². The summed E-state index contributed by atoms with van der Waals surface area (Å²) in [5, 5.41) is 2.88. The average Bonchev–Trinajstić information content (AvgIpc) is 2.60. The molecule has 0 aliphatic carbocycles. The van der Waals surface area contributed by atoms with E-state index in [1.165, 1.54) is 17.1 Å². The van der Waals surface area contributed by atoms with Crippen LogP contribution in [0.4, 0.5) is 5.69 Å². The number of hydrogen-bond donors (Lipinski definition) is 1.